The first kappa shape index (κ1) is 16.1. The Morgan fingerprint density at radius 3 is 3.00 bits per heavy atom. The van der Waals surface area contributed by atoms with Crippen molar-refractivity contribution in [2.75, 3.05) is 6.54 Å². The maximum Gasteiger partial charge on any atom is 0.338 e. The van der Waals surface area contributed by atoms with Crippen LogP contribution >= 0.6 is 15.9 Å². The molecule has 122 valence electrons. The molecule has 0 aliphatic carbocycles. The summed E-state index contributed by atoms with van der Waals surface area (Å²) in [6.45, 7) is 3.05. The Hall–Kier alpha value is -1.77. The molecule has 0 fully saturated rings. The first-order valence-electron chi connectivity index (χ1n) is 7.21. The molecule has 2 heterocycles. The average Bonchev–Trinajstić information content (AvgIpc) is 3.03. The molecule has 1 aliphatic heterocycles. The number of nitrogens with zero attached hydrogens (tertiary/aromatic N) is 3. The second-order valence-electron chi connectivity index (χ2n) is 5.45. The third-order valence-corrected chi connectivity index (χ3v) is 4.35. The fourth-order valence-corrected chi connectivity index (χ4v) is 3.14. The van der Waals surface area contributed by atoms with E-state index in [2.05, 4.69) is 31.3 Å². The van der Waals surface area contributed by atoms with Gasteiger partial charge in [-0.25, -0.2) is 9.78 Å². The van der Waals surface area contributed by atoms with Gasteiger partial charge in [-0.1, -0.05) is 6.07 Å². The molecule has 0 bridgehead atoms. The largest absolute Gasteiger partial charge is 0.457 e. The molecule has 0 saturated carbocycles. The van der Waals surface area contributed by atoms with Crippen LogP contribution in [0.15, 0.2) is 16.9 Å². The lowest BCUT2D eigenvalue weighted by atomic mass is 9.95. The lowest BCUT2D eigenvalue weighted by Gasteiger charge is -2.16. The van der Waals surface area contributed by atoms with Crippen LogP contribution in [0.1, 0.15) is 39.0 Å². The molecule has 1 atom stereocenters. The number of nitrogens with one attached hydrogen (secondary N) is 1. The Morgan fingerprint density at radius 1 is 1.52 bits per heavy atom. The van der Waals surface area contributed by atoms with E-state index in [1.807, 2.05) is 14.0 Å². The van der Waals surface area contributed by atoms with E-state index in [9.17, 15) is 9.90 Å². The van der Waals surface area contributed by atoms with E-state index in [1.165, 1.54) is 0 Å². The van der Waals surface area contributed by atoms with Gasteiger partial charge in [-0.3, -0.25) is 4.68 Å². The van der Waals surface area contributed by atoms with Gasteiger partial charge >= 0.3 is 5.97 Å². The first-order valence-corrected chi connectivity index (χ1v) is 8.00. The molecule has 0 spiro atoms. The molecule has 0 saturated heterocycles. The Bertz CT molecular complexity index is 759. The van der Waals surface area contributed by atoms with E-state index in [0.29, 0.717) is 23.4 Å². The van der Waals surface area contributed by atoms with Crippen molar-refractivity contribution in [3.8, 4) is 0 Å². The van der Waals surface area contributed by atoms with E-state index < -0.39 is 6.10 Å². The van der Waals surface area contributed by atoms with Crippen LogP contribution in [-0.2, 0) is 24.9 Å². The van der Waals surface area contributed by atoms with Gasteiger partial charge in [0.2, 0.25) is 4.73 Å². The summed E-state index contributed by atoms with van der Waals surface area (Å²) in [6, 6.07) is 3.50. The number of aromatic nitrogens is 3. The standard InChI is InChI=1S/C15H17BrN4O3/c1-8-9(3-4-10-11(8)7-23-14(10)22)12(21)5-17-6-13-18-15(16)19-20(13)2/h3-4,12,17,21H,5-7H2,1-2H3. The summed E-state index contributed by atoms with van der Waals surface area (Å²) in [5.41, 5.74) is 3.16. The highest BCUT2D eigenvalue weighted by atomic mass is 79.9. The molecule has 2 N–H and O–H groups in total. The van der Waals surface area contributed by atoms with Crippen LogP contribution in [-0.4, -0.2) is 32.4 Å². The highest BCUT2D eigenvalue weighted by molar-refractivity contribution is 9.10. The first-order chi connectivity index (χ1) is 11.0. The van der Waals surface area contributed by atoms with E-state index in [0.717, 1.165) is 22.5 Å². The zero-order valence-corrected chi connectivity index (χ0v) is 14.4. The molecule has 3 rings (SSSR count). The van der Waals surface area contributed by atoms with Gasteiger partial charge in [0, 0.05) is 19.2 Å². The zero-order valence-electron chi connectivity index (χ0n) is 12.8. The minimum Gasteiger partial charge on any atom is -0.457 e. The van der Waals surface area contributed by atoms with Crippen LogP contribution in [0.3, 0.4) is 0 Å². The topological polar surface area (TPSA) is 89.3 Å². The summed E-state index contributed by atoms with van der Waals surface area (Å²) < 4.78 is 7.25. The number of benzene rings is 1. The molecule has 7 nitrogen and oxygen atoms in total. The molecule has 8 heteroatoms. The number of hydrogen-bond donors (Lipinski definition) is 2. The van der Waals surface area contributed by atoms with Gasteiger partial charge in [0.25, 0.3) is 0 Å². The van der Waals surface area contributed by atoms with Gasteiger partial charge in [-0.2, -0.15) is 0 Å². The molecule has 1 aromatic carbocycles. The lowest BCUT2D eigenvalue weighted by molar-refractivity contribution is 0.0535. The third-order valence-electron chi connectivity index (χ3n) is 4.02. The predicted octanol–water partition coefficient (Wildman–Crippen LogP) is 1.38. The number of ether oxygens (including phenoxy) is 1. The van der Waals surface area contributed by atoms with Crippen molar-refractivity contribution in [1.82, 2.24) is 20.1 Å². The number of carbonyl (C=O) groups is 1. The SMILES string of the molecule is Cc1c(C(O)CNCc2nc(Br)nn2C)ccc2c1COC2=O. The van der Waals surface area contributed by atoms with E-state index in [1.54, 1.807) is 16.8 Å². The number of cyclic esters (lactones) is 1. The maximum absolute atomic E-state index is 11.5. The van der Waals surface area contributed by atoms with Crippen LogP contribution < -0.4 is 5.32 Å². The summed E-state index contributed by atoms with van der Waals surface area (Å²) >= 11 is 3.22. The second kappa shape index (κ2) is 6.38. The second-order valence-corrected chi connectivity index (χ2v) is 6.16. The number of carbonyl (C=O) groups excluding carboxylic acids is 1. The molecule has 2 aromatic rings. The molecule has 0 radical (unpaired) electrons. The molecule has 0 amide bonds. The minimum absolute atomic E-state index is 0.279. The van der Waals surface area contributed by atoms with Crippen LogP contribution in [0.2, 0.25) is 0 Å². The monoisotopic (exact) mass is 380 g/mol. The molecular formula is C15H17BrN4O3. The summed E-state index contributed by atoms with van der Waals surface area (Å²) in [6.07, 6.45) is -0.673. The Kier molecular flexibility index (Phi) is 4.47. The van der Waals surface area contributed by atoms with Crippen molar-refractivity contribution in [3.05, 3.63) is 44.9 Å². The van der Waals surface area contributed by atoms with Crippen LogP contribution in [0, 0.1) is 6.92 Å². The minimum atomic E-state index is -0.673. The number of esters is 1. The summed E-state index contributed by atoms with van der Waals surface area (Å²) in [5, 5.41) is 17.7. The fourth-order valence-electron chi connectivity index (χ4n) is 2.70. The summed E-state index contributed by atoms with van der Waals surface area (Å²) in [7, 11) is 1.81. The summed E-state index contributed by atoms with van der Waals surface area (Å²) in [4.78, 5) is 15.8. The maximum atomic E-state index is 11.5. The van der Waals surface area contributed by atoms with Gasteiger partial charge < -0.3 is 15.2 Å². The third kappa shape index (κ3) is 3.15. The quantitative estimate of drug-likeness (QED) is 0.761. The molecule has 1 aromatic heterocycles. The van der Waals surface area contributed by atoms with Gasteiger partial charge in [-0.15, -0.1) is 5.10 Å². The molecule has 1 aliphatic rings. The Labute approximate surface area is 141 Å². The predicted molar refractivity (Wildman–Crippen MR) is 85.7 cm³/mol. The zero-order chi connectivity index (χ0) is 16.6. The van der Waals surface area contributed by atoms with Crippen molar-refractivity contribution in [3.63, 3.8) is 0 Å². The number of fused-ring (bicyclic) bond motifs is 1. The van der Waals surface area contributed by atoms with Gasteiger partial charge in [0.05, 0.1) is 18.2 Å². The number of hydrogen-bond acceptors (Lipinski definition) is 6. The fraction of sp³-hybridized carbons (Fsp3) is 0.400. The van der Waals surface area contributed by atoms with Crippen LogP contribution in [0.25, 0.3) is 0 Å². The number of rotatable bonds is 5. The molecule has 1 unspecified atom stereocenters. The van der Waals surface area contributed by atoms with Crippen molar-refractivity contribution < 1.29 is 14.6 Å². The number of aliphatic hydroxyl groups excluding tert-OH is 1. The number of aliphatic hydroxyl groups is 1. The van der Waals surface area contributed by atoms with Crippen molar-refractivity contribution in [1.29, 1.82) is 0 Å². The smallest absolute Gasteiger partial charge is 0.338 e. The van der Waals surface area contributed by atoms with E-state index in [-0.39, 0.29) is 12.6 Å². The van der Waals surface area contributed by atoms with E-state index >= 15 is 0 Å². The molecular weight excluding hydrogens is 364 g/mol. The van der Waals surface area contributed by atoms with E-state index in [4.69, 9.17) is 4.74 Å². The van der Waals surface area contributed by atoms with Crippen LogP contribution in [0.4, 0.5) is 0 Å². The summed E-state index contributed by atoms with van der Waals surface area (Å²) in [5.74, 6) is 0.476. The van der Waals surface area contributed by atoms with Crippen LogP contribution in [0.5, 0.6) is 0 Å². The van der Waals surface area contributed by atoms with Crippen molar-refractivity contribution >= 4 is 21.9 Å². The highest BCUT2D eigenvalue weighted by Gasteiger charge is 2.25. The highest BCUT2D eigenvalue weighted by Crippen LogP contribution is 2.28. The number of aryl methyl sites for hydroxylation is 1. The Morgan fingerprint density at radius 2 is 2.30 bits per heavy atom. The lowest BCUT2D eigenvalue weighted by Crippen LogP contribution is -2.23. The van der Waals surface area contributed by atoms with Gasteiger partial charge in [0.15, 0.2) is 0 Å². The number of halogens is 1. The van der Waals surface area contributed by atoms with Crippen molar-refractivity contribution in [2.45, 2.75) is 26.2 Å². The molecule has 23 heavy (non-hydrogen) atoms. The van der Waals surface area contributed by atoms with Gasteiger partial charge in [0.1, 0.15) is 12.4 Å². The van der Waals surface area contributed by atoms with Gasteiger partial charge in [-0.05, 0) is 40.0 Å². The Balaban J connectivity index is 1.66. The van der Waals surface area contributed by atoms with Crippen molar-refractivity contribution in [2.24, 2.45) is 7.05 Å². The average molecular weight is 381 g/mol. The normalized spacial score (nSPS) is 14.7.